The molecule has 1 aliphatic heterocycles. The standard InChI is InChI=1S/C20H16BrN5OS/c1-12-5-3-4-6-16(12)23-24-18-13(2)25-26(19(18)27)20-22-17(11-28-20)14-7-9-15(21)10-8-14/h3-11,18H,1-2H3. The Bertz CT molecular complexity index is 1090. The molecule has 0 aliphatic carbocycles. The predicted octanol–water partition coefficient (Wildman–Crippen LogP) is 5.76. The first-order valence-corrected chi connectivity index (χ1v) is 10.3. The molecule has 4 rings (SSSR count). The number of benzene rings is 2. The Morgan fingerprint density at radius 2 is 1.86 bits per heavy atom. The molecule has 1 amide bonds. The lowest BCUT2D eigenvalue weighted by molar-refractivity contribution is -0.117. The molecule has 0 spiro atoms. The van der Waals surface area contributed by atoms with Gasteiger partial charge in [-0.3, -0.25) is 4.79 Å². The van der Waals surface area contributed by atoms with E-state index in [4.69, 9.17) is 0 Å². The highest BCUT2D eigenvalue weighted by molar-refractivity contribution is 9.10. The average Bonchev–Trinajstić information content (AvgIpc) is 3.27. The Balaban J connectivity index is 1.55. The van der Waals surface area contributed by atoms with Gasteiger partial charge in [-0.25, -0.2) is 4.98 Å². The molecule has 2 aromatic carbocycles. The number of thiazole rings is 1. The summed E-state index contributed by atoms with van der Waals surface area (Å²) < 4.78 is 1.00. The van der Waals surface area contributed by atoms with E-state index >= 15 is 0 Å². The van der Waals surface area contributed by atoms with Crippen LogP contribution in [0.4, 0.5) is 10.8 Å². The monoisotopic (exact) mass is 453 g/mol. The maximum absolute atomic E-state index is 12.8. The number of nitrogens with zero attached hydrogens (tertiary/aromatic N) is 5. The van der Waals surface area contributed by atoms with Crippen LogP contribution in [0.5, 0.6) is 0 Å². The summed E-state index contributed by atoms with van der Waals surface area (Å²) in [6.45, 7) is 3.74. The van der Waals surface area contributed by atoms with Crippen LogP contribution in [0.1, 0.15) is 12.5 Å². The van der Waals surface area contributed by atoms with Gasteiger partial charge in [0.15, 0.2) is 6.04 Å². The maximum atomic E-state index is 12.8. The molecule has 0 radical (unpaired) electrons. The summed E-state index contributed by atoms with van der Waals surface area (Å²) >= 11 is 4.80. The fraction of sp³-hybridized carbons (Fsp3) is 0.150. The van der Waals surface area contributed by atoms with E-state index in [0.717, 1.165) is 27.0 Å². The molecule has 0 fully saturated rings. The van der Waals surface area contributed by atoms with E-state index in [-0.39, 0.29) is 5.91 Å². The van der Waals surface area contributed by atoms with Crippen molar-refractivity contribution >= 4 is 49.7 Å². The Hall–Kier alpha value is -2.71. The molecule has 0 saturated heterocycles. The summed E-state index contributed by atoms with van der Waals surface area (Å²) in [6, 6.07) is 14.8. The molecule has 6 nitrogen and oxygen atoms in total. The van der Waals surface area contributed by atoms with Crippen LogP contribution in [0.15, 0.2) is 73.7 Å². The van der Waals surface area contributed by atoms with Crippen LogP contribution in [0.25, 0.3) is 11.3 Å². The number of amides is 1. The summed E-state index contributed by atoms with van der Waals surface area (Å²) in [5.41, 5.74) is 4.13. The third-order valence-electron chi connectivity index (χ3n) is 4.31. The van der Waals surface area contributed by atoms with Crippen molar-refractivity contribution in [2.45, 2.75) is 19.9 Å². The van der Waals surface area contributed by atoms with Gasteiger partial charge in [-0.05, 0) is 37.6 Å². The Morgan fingerprint density at radius 3 is 2.61 bits per heavy atom. The third-order valence-corrected chi connectivity index (χ3v) is 5.65. The second kappa shape index (κ2) is 7.73. The topological polar surface area (TPSA) is 70.3 Å². The van der Waals surface area contributed by atoms with E-state index in [9.17, 15) is 4.79 Å². The molecule has 1 atom stereocenters. The molecule has 2 heterocycles. The number of carbonyl (C=O) groups is 1. The number of hydrogen-bond acceptors (Lipinski definition) is 6. The van der Waals surface area contributed by atoms with Crippen molar-refractivity contribution in [2.75, 3.05) is 5.01 Å². The van der Waals surface area contributed by atoms with Crippen LogP contribution in [-0.4, -0.2) is 22.6 Å². The summed E-state index contributed by atoms with van der Waals surface area (Å²) in [5, 5.41) is 16.6. The van der Waals surface area contributed by atoms with E-state index in [1.54, 1.807) is 6.92 Å². The highest BCUT2D eigenvalue weighted by atomic mass is 79.9. The van der Waals surface area contributed by atoms with Gasteiger partial charge in [0.05, 0.1) is 17.1 Å². The SMILES string of the molecule is CC1=NN(c2nc(-c3ccc(Br)cc3)cs2)C(=O)C1N=Nc1ccccc1C. The fourth-order valence-electron chi connectivity index (χ4n) is 2.74. The lowest BCUT2D eigenvalue weighted by Gasteiger charge is -2.08. The van der Waals surface area contributed by atoms with Crippen LogP contribution >= 0.6 is 27.3 Å². The first kappa shape index (κ1) is 18.6. The average molecular weight is 454 g/mol. The number of hydrazone groups is 1. The zero-order valence-corrected chi connectivity index (χ0v) is 17.6. The summed E-state index contributed by atoms with van der Waals surface area (Å²) in [7, 11) is 0. The first-order valence-electron chi connectivity index (χ1n) is 8.60. The van der Waals surface area contributed by atoms with Crippen molar-refractivity contribution in [3.63, 3.8) is 0 Å². The van der Waals surface area contributed by atoms with Gasteiger partial charge in [-0.1, -0.05) is 46.3 Å². The van der Waals surface area contributed by atoms with Crippen LogP contribution in [0.2, 0.25) is 0 Å². The molecule has 28 heavy (non-hydrogen) atoms. The fourth-order valence-corrected chi connectivity index (χ4v) is 3.79. The molecule has 1 aromatic heterocycles. The number of hydrogen-bond donors (Lipinski definition) is 0. The number of rotatable bonds is 4. The van der Waals surface area contributed by atoms with Gasteiger partial charge in [0.25, 0.3) is 5.91 Å². The third kappa shape index (κ3) is 3.65. The largest absolute Gasteiger partial charge is 0.282 e. The summed E-state index contributed by atoms with van der Waals surface area (Å²) in [4.78, 5) is 17.4. The van der Waals surface area contributed by atoms with Gasteiger partial charge in [0.2, 0.25) is 5.13 Å². The van der Waals surface area contributed by atoms with E-state index in [1.165, 1.54) is 16.3 Å². The van der Waals surface area contributed by atoms with Gasteiger partial charge >= 0.3 is 0 Å². The molecule has 140 valence electrons. The number of carbonyl (C=O) groups excluding carboxylic acids is 1. The number of aryl methyl sites for hydroxylation is 1. The highest BCUT2D eigenvalue weighted by Gasteiger charge is 2.36. The minimum atomic E-state index is -0.723. The van der Waals surface area contributed by atoms with Gasteiger partial charge < -0.3 is 0 Å². The van der Waals surface area contributed by atoms with E-state index in [0.29, 0.717) is 10.8 Å². The van der Waals surface area contributed by atoms with Crippen LogP contribution in [0.3, 0.4) is 0 Å². The molecule has 0 N–H and O–H groups in total. The molecule has 1 aliphatic rings. The Labute approximate surface area is 174 Å². The molecule has 8 heteroatoms. The van der Waals surface area contributed by atoms with Gasteiger partial charge in [0, 0.05) is 15.4 Å². The van der Waals surface area contributed by atoms with Crippen LogP contribution < -0.4 is 5.01 Å². The van der Waals surface area contributed by atoms with Crippen molar-refractivity contribution < 1.29 is 4.79 Å². The molecule has 0 bridgehead atoms. The zero-order valence-electron chi connectivity index (χ0n) is 15.2. The quantitative estimate of drug-likeness (QED) is 0.471. The number of anilines is 1. The van der Waals surface area contributed by atoms with Crippen molar-refractivity contribution in [3.8, 4) is 11.3 Å². The second-order valence-electron chi connectivity index (χ2n) is 6.32. The number of halogens is 1. The van der Waals surface area contributed by atoms with Crippen molar-refractivity contribution in [3.05, 3.63) is 63.9 Å². The van der Waals surface area contributed by atoms with Crippen LogP contribution in [-0.2, 0) is 4.79 Å². The van der Waals surface area contributed by atoms with E-state index < -0.39 is 6.04 Å². The summed E-state index contributed by atoms with van der Waals surface area (Å²) in [6.07, 6.45) is 0. The van der Waals surface area contributed by atoms with Crippen molar-refractivity contribution in [2.24, 2.45) is 15.3 Å². The Morgan fingerprint density at radius 1 is 1.11 bits per heavy atom. The van der Waals surface area contributed by atoms with Crippen molar-refractivity contribution in [1.82, 2.24) is 4.98 Å². The molecule has 3 aromatic rings. The smallest absolute Gasteiger partial charge is 0.269 e. The normalized spacial score (nSPS) is 16.8. The van der Waals surface area contributed by atoms with Gasteiger partial charge in [-0.2, -0.15) is 20.3 Å². The zero-order chi connectivity index (χ0) is 19.7. The molecular formula is C20H16BrN5OS. The number of azo groups is 1. The highest BCUT2D eigenvalue weighted by Crippen LogP contribution is 2.31. The first-order chi connectivity index (χ1) is 13.5. The molecule has 0 saturated carbocycles. The molecular weight excluding hydrogens is 438 g/mol. The predicted molar refractivity (Wildman–Crippen MR) is 115 cm³/mol. The van der Waals surface area contributed by atoms with E-state index in [1.807, 2.05) is 60.8 Å². The van der Waals surface area contributed by atoms with Gasteiger partial charge in [0.1, 0.15) is 0 Å². The lowest BCUT2D eigenvalue weighted by Crippen LogP contribution is -2.29. The second-order valence-corrected chi connectivity index (χ2v) is 8.07. The minimum Gasteiger partial charge on any atom is -0.269 e. The van der Waals surface area contributed by atoms with Gasteiger partial charge in [-0.15, -0.1) is 11.3 Å². The van der Waals surface area contributed by atoms with Crippen LogP contribution in [0, 0.1) is 6.92 Å². The maximum Gasteiger partial charge on any atom is 0.282 e. The van der Waals surface area contributed by atoms with Crippen molar-refractivity contribution in [1.29, 1.82) is 0 Å². The Kier molecular flexibility index (Phi) is 5.15. The lowest BCUT2D eigenvalue weighted by atomic mass is 10.2. The minimum absolute atomic E-state index is 0.244. The summed E-state index contributed by atoms with van der Waals surface area (Å²) in [5.74, 6) is -0.244. The number of aromatic nitrogens is 1. The van der Waals surface area contributed by atoms with E-state index in [2.05, 4.69) is 36.2 Å². The molecule has 1 unspecified atom stereocenters.